The Morgan fingerprint density at radius 1 is 0.926 bits per heavy atom. The van der Waals surface area contributed by atoms with Gasteiger partial charge in [-0.05, 0) is 49.7 Å². The normalized spacial score (nSPS) is 11.1. The van der Waals surface area contributed by atoms with Crippen LogP contribution in [0, 0.1) is 19.7 Å². The van der Waals surface area contributed by atoms with Gasteiger partial charge < -0.3 is 5.73 Å². The number of fused-ring (bicyclic) bond motifs is 1. The average molecular weight is 358 g/mol. The number of halogens is 1. The molecule has 4 aromatic rings. The second-order valence-corrected chi connectivity index (χ2v) is 6.60. The molecule has 4 nitrogen and oxygen atoms in total. The summed E-state index contributed by atoms with van der Waals surface area (Å²) in [5, 5.41) is 1.28. The summed E-state index contributed by atoms with van der Waals surface area (Å²) in [6, 6.07) is 13.1. The molecule has 134 valence electrons. The molecule has 0 aliphatic rings. The monoisotopic (exact) mass is 358 g/mol. The topological polar surface area (TPSA) is 64.7 Å². The number of aryl methyl sites for hydroxylation is 2. The molecule has 0 spiro atoms. The Labute approximate surface area is 156 Å². The molecule has 0 saturated carbocycles. The SMILES string of the molecule is Cc1cc(-c2cc(-c3ccc4cnc(CN)cc4c3F)ccn2)cc(C)n1. The van der Waals surface area contributed by atoms with Gasteiger partial charge in [0.05, 0.1) is 11.4 Å². The molecule has 0 unspecified atom stereocenters. The first-order valence-corrected chi connectivity index (χ1v) is 8.74. The number of nitrogens with two attached hydrogens (primary N) is 1. The van der Waals surface area contributed by atoms with Gasteiger partial charge in [0.1, 0.15) is 5.82 Å². The van der Waals surface area contributed by atoms with Crippen molar-refractivity contribution in [3.05, 3.63) is 77.8 Å². The van der Waals surface area contributed by atoms with Gasteiger partial charge in [0, 0.05) is 52.2 Å². The number of rotatable bonds is 3. The molecule has 0 aliphatic carbocycles. The van der Waals surface area contributed by atoms with Crippen LogP contribution in [0.25, 0.3) is 33.2 Å². The van der Waals surface area contributed by atoms with Crippen LogP contribution in [0.3, 0.4) is 0 Å². The molecule has 1 aromatic carbocycles. The van der Waals surface area contributed by atoms with Crippen LogP contribution < -0.4 is 5.73 Å². The van der Waals surface area contributed by atoms with Crippen molar-refractivity contribution in [3.8, 4) is 22.4 Å². The van der Waals surface area contributed by atoms with E-state index in [2.05, 4.69) is 15.0 Å². The van der Waals surface area contributed by atoms with Crippen LogP contribution in [-0.2, 0) is 6.54 Å². The van der Waals surface area contributed by atoms with Gasteiger partial charge in [-0.15, -0.1) is 0 Å². The summed E-state index contributed by atoms with van der Waals surface area (Å²) in [6.07, 6.45) is 3.36. The molecule has 0 amide bonds. The van der Waals surface area contributed by atoms with E-state index >= 15 is 4.39 Å². The van der Waals surface area contributed by atoms with Crippen molar-refractivity contribution in [2.45, 2.75) is 20.4 Å². The van der Waals surface area contributed by atoms with E-state index in [1.165, 1.54) is 0 Å². The number of hydrogen-bond acceptors (Lipinski definition) is 4. The van der Waals surface area contributed by atoms with Gasteiger partial charge in [0.15, 0.2) is 0 Å². The number of benzene rings is 1. The van der Waals surface area contributed by atoms with Crippen molar-refractivity contribution in [1.29, 1.82) is 0 Å². The van der Waals surface area contributed by atoms with Gasteiger partial charge in [-0.1, -0.05) is 12.1 Å². The first-order chi connectivity index (χ1) is 13.0. The lowest BCUT2D eigenvalue weighted by atomic mass is 9.99. The van der Waals surface area contributed by atoms with Crippen LogP contribution >= 0.6 is 0 Å². The highest BCUT2D eigenvalue weighted by molar-refractivity contribution is 5.88. The highest BCUT2D eigenvalue weighted by Gasteiger charge is 2.12. The fourth-order valence-electron chi connectivity index (χ4n) is 3.30. The zero-order valence-electron chi connectivity index (χ0n) is 15.2. The summed E-state index contributed by atoms with van der Waals surface area (Å²) in [5.74, 6) is -0.274. The quantitative estimate of drug-likeness (QED) is 0.582. The fourth-order valence-corrected chi connectivity index (χ4v) is 3.30. The van der Waals surface area contributed by atoms with Gasteiger partial charge in [-0.2, -0.15) is 0 Å². The number of hydrogen-bond donors (Lipinski definition) is 1. The predicted molar refractivity (Wildman–Crippen MR) is 106 cm³/mol. The Hall–Kier alpha value is -3.18. The van der Waals surface area contributed by atoms with Gasteiger partial charge in [0.2, 0.25) is 0 Å². The second kappa shape index (κ2) is 6.85. The van der Waals surface area contributed by atoms with E-state index in [0.717, 1.165) is 33.6 Å². The summed E-state index contributed by atoms with van der Waals surface area (Å²) in [7, 11) is 0. The average Bonchev–Trinajstić information content (AvgIpc) is 2.67. The van der Waals surface area contributed by atoms with E-state index in [0.29, 0.717) is 16.6 Å². The second-order valence-electron chi connectivity index (χ2n) is 6.60. The van der Waals surface area contributed by atoms with Crippen molar-refractivity contribution in [2.75, 3.05) is 0 Å². The summed E-state index contributed by atoms with van der Waals surface area (Å²) in [4.78, 5) is 13.1. The first kappa shape index (κ1) is 17.2. The molecule has 0 atom stereocenters. The Kier molecular flexibility index (Phi) is 4.38. The van der Waals surface area contributed by atoms with Crippen LogP contribution in [0.15, 0.2) is 54.9 Å². The summed E-state index contributed by atoms with van der Waals surface area (Å²) < 4.78 is 15.2. The molecule has 27 heavy (non-hydrogen) atoms. The molecule has 3 aromatic heterocycles. The molecule has 0 radical (unpaired) electrons. The van der Waals surface area contributed by atoms with Crippen LogP contribution in [0.5, 0.6) is 0 Å². The first-order valence-electron chi connectivity index (χ1n) is 8.74. The molecule has 0 bridgehead atoms. The molecule has 2 N–H and O–H groups in total. The molecule has 0 saturated heterocycles. The maximum atomic E-state index is 15.2. The van der Waals surface area contributed by atoms with Gasteiger partial charge >= 0.3 is 0 Å². The summed E-state index contributed by atoms with van der Waals surface area (Å²) in [6.45, 7) is 4.18. The van der Waals surface area contributed by atoms with Crippen LogP contribution in [0.4, 0.5) is 4.39 Å². The fraction of sp³-hybridized carbons (Fsp3) is 0.136. The van der Waals surface area contributed by atoms with E-state index in [4.69, 9.17) is 5.73 Å². The molecule has 3 heterocycles. The predicted octanol–water partition coefficient (Wildman–Crippen LogP) is 4.57. The van der Waals surface area contributed by atoms with E-state index < -0.39 is 0 Å². The van der Waals surface area contributed by atoms with E-state index in [-0.39, 0.29) is 12.4 Å². The zero-order valence-corrected chi connectivity index (χ0v) is 15.2. The van der Waals surface area contributed by atoms with Crippen LogP contribution in [0.1, 0.15) is 17.1 Å². The number of nitrogens with zero attached hydrogens (tertiary/aromatic N) is 3. The van der Waals surface area contributed by atoms with Crippen LogP contribution in [-0.4, -0.2) is 15.0 Å². The minimum atomic E-state index is -0.274. The lowest BCUT2D eigenvalue weighted by Gasteiger charge is -2.10. The maximum Gasteiger partial charge on any atom is 0.138 e. The molecule has 0 aliphatic heterocycles. The highest BCUT2D eigenvalue weighted by atomic mass is 19.1. The lowest BCUT2D eigenvalue weighted by Crippen LogP contribution is -1.99. The molecule has 0 fully saturated rings. The Balaban J connectivity index is 1.85. The summed E-state index contributed by atoms with van der Waals surface area (Å²) >= 11 is 0. The van der Waals surface area contributed by atoms with Crippen LogP contribution in [0.2, 0.25) is 0 Å². The van der Waals surface area contributed by atoms with Gasteiger partial charge in [-0.3, -0.25) is 15.0 Å². The minimum Gasteiger partial charge on any atom is -0.325 e. The number of aromatic nitrogens is 3. The number of pyridine rings is 3. The Bertz CT molecular complexity index is 1130. The Morgan fingerprint density at radius 2 is 1.70 bits per heavy atom. The van der Waals surface area contributed by atoms with Crippen molar-refractivity contribution in [2.24, 2.45) is 5.73 Å². The summed E-state index contributed by atoms with van der Waals surface area (Å²) in [5.41, 5.74) is 11.2. The largest absolute Gasteiger partial charge is 0.325 e. The zero-order chi connectivity index (χ0) is 19.0. The van der Waals surface area contributed by atoms with Crippen molar-refractivity contribution in [3.63, 3.8) is 0 Å². The third-order valence-corrected chi connectivity index (χ3v) is 4.55. The molecule has 5 heteroatoms. The van der Waals surface area contributed by atoms with Gasteiger partial charge in [-0.25, -0.2) is 4.39 Å². The smallest absolute Gasteiger partial charge is 0.138 e. The standard InChI is InChI=1S/C22H19FN4/c1-13-7-17(8-14(2)27-13)21-9-15(5-6-25-21)19-4-3-16-12-26-18(11-24)10-20(16)22(19)23/h3-10,12H,11,24H2,1-2H3. The minimum absolute atomic E-state index is 0.274. The van der Waals surface area contributed by atoms with E-state index in [1.54, 1.807) is 24.5 Å². The van der Waals surface area contributed by atoms with Gasteiger partial charge in [0.25, 0.3) is 0 Å². The maximum absolute atomic E-state index is 15.2. The third kappa shape index (κ3) is 3.29. The highest BCUT2D eigenvalue weighted by Crippen LogP contribution is 2.31. The molecular formula is C22H19FN4. The van der Waals surface area contributed by atoms with Crippen molar-refractivity contribution < 1.29 is 4.39 Å². The lowest BCUT2D eigenvalue weighted by molar-refractivity contribution is 0.643. The third-order valence-electron chi connectivity index (χ3n) is 4.55. The van der Waals surface area contributed by atoms with Crippen molar-refractivity contribution in [1.82, 2.24) is 15.0 Å². The molecular weight excluding hydrogens is 339 g/mol. The Morgan fingerprint density at radius 3 is 2.44 bits per heavy atom. The van der Waals surface area contributed by atoms with Crippen molar-refractivity contribution >= 4 is 10.8 Å². The van der Waals surface area contributed by atoms with E-state index in [1.807, 2.05) is 44.2 Å². The van der Waals surface area contributed by atoms with E-state index in [9.17, 15) is 0 Å². The molecule has 4 rings (SSSR count).